The van der Waals surface area contributed by atoms with Crippen LogP contribution in [-0.4, -0.2) is 24.9 Å². The van der Waals surface area contributed by atoms with E-state index in [1.807, 2.05) is 50.6 Å². The molecular weight excluding hydrogens is 731 g/mol. The van der Waals surface area contributed by atoms with Crippen molar-refractivity contribution < 1.29 is 0 Å². The molecule has 0 aliphatic rings. The van der Waals surface area contributed by atoms with Gasteiger partial charge in [-0.1, -0.05) is 84.9 Å². The van der Waals surface area contributed by atoms with Crippen LogP contribution >= 0.6 is 0 Å². The summed E-state index contributed by atoms with van der Waals surface area (Å²) in [4.78, 5) is 21.9. The van der Waals surface area contributed by atoms with Gasteiger partial charge in [0.2, 0.25) is 0 Å². The Kier molecular flexibility index (Phi) is 14.1. The Bertz CT molecular complexity index is 2870. The first-order chi connectivity index (χ1) is 28.8. The van der Waals surface area contributed by atoms with Crippen molar-refractivity contribution in [3.63, 3.8) is 0 Å². The Hall–Kier alpha value is -6.85. The van der Waals surface area contributed by atoms with Gasteiger partial charge in [-0.3, -0.25) is 24.9 Å². The SMILES string of the molecule is Cc1ccc2c(C)ccnc2c1.Cc1ccc2ccc(C)nc2c1.Cc1ccc2cccc(C)c2n1.Cc1cnc2c(C)cccc2c1.Cc1cnc2cc(C)ccc2c1. The van der Waals surface area contributed by atoms with Crippen LogP contribution in [0.15, 0.2) is 152 Å². The molecule has 0 unspecified atom stereocenters. The van der Waals surface area contributed by atoms with Gasteiger partial charge >= 0.3 is 0 Å². The van der Waals surface area contributed by atoms with Crippen LogP contribution in [0.5, 0.6) is 0 Å². The molecule has 60 heavy (non-hydrogen) atoms. The van der Waals surface area contributed by atoms with Gasteiger partial charge in [0.1, 0.15) is 0 Å². The summed E-state index contributed by atoms with van der Waals surface area (Å²) >= 11 is 0. The summed E-state index contributed by atoms with van der Waals surface area (Å²) in [6, 6.07) is 46.2. The fourth-order valence-corrected chi connectivity index (χ4v) is 6.89. The predicted octanol–water partition coefficient (Wildman–Crippen LogP) is 14.3. The first-order valence-corrected chi connectivity index (χ1v) is 20.5. The molecular formula is C55H55N5. The van der Waals surface area contributed by atoms with Crippen molar-refractivity contribution in [2.75, 3.05) is 0 Å². The first kappa shape index (κ1) is 42.7. The minimum Gasteiger partial charge on any atom is -0.256 e. The van der Waals surface area contributed by atoms with Crippen LogP contribution in [0, 0.1) is 69.2 Å². The quantitative estimate of drug-likeness (QED) is 0.153. The van der Waals surface area contributed by atoms with Crippen LogP contribution in [0.1, 0.15) is 55.9 Å². The van der Waals surface area contributed by atoms with E-state index in [9.17, 15) is 0 Å². The minimum atomic E-state index is 1.08. The number of nitrogens with zero attached hydrogens (tertiary/aromatic N) is 5. The molecule has 0 spiro atoms. The maximum atomic E-state index is 4.48. The molecule has 0 amide bonds. The largest absolute Gasteiger partial charge is 0.256 e. The van der Waals surface area contributed by atoms with Crippen molar-refractivity contribution >= 4 is 54.5 Å². The Morgan fingerprint density at radius 2 is 0.850 bits per heavy atom. The molecule has 0 bridgehead atoms. The summed E-state index contributed by atoms with van der Waals surface area (Å²) in [5.74, 6) is 0. The smallest absolute Gasteiger partial charge is 0.0734 e. The second-order valence-corrected chi connectivity index (χ2v) is 15.8. The maximum Gasteiger partial charge on any atom is 0.0734 e. The van der Waals surface area contributed by atoms with Gasteiger partial charge in [-0.25, -0.2) is 0 Å². The van der Waals surface area contributed by atoms with Gasteiger partial charge in [0.05, 0.1) is 27.6 Å². The van der Waals surface area contributed by atoms with E-state index in [1.165, 1.54) is 71.4 Å². The van der Waals surface area contributed by atoms with E-state index in [1.54, 1.807) is 0 Å². The summed E-state index contributed by atoms with van der Waals surface area (Å²) in [6.07, 6.45) is 5.67. The molecule has 5 aromatic heterocycles. The highest BCUT2D eigenvalue weighted by molar-refractivity contribution is 5.84. The molecule has 5 aromatic carbocycles. The average molecular weight is 786 g/mol. The molecule has 0 saturated heterocycles. The van der Waals surface area contributed by atoms with Gasteiger partial charge in [-0.15, -0.1) is 0 Å². The highest BCUT2D eigenvalue weighted by Gasteiger charge is 2.00. The maximum absolute atomic E-state index is 4.48. The van der Waals surface area contributed by atoms with E-state index in [0.717, 1.165) is 39.0 Å². The molecule has 10 rings (SSSR count). The van der Waals surface area contributed by atoms with Crippen molar-refractivity contribution in [3.8, 4) is 0 Å². The Morgan fingerprint density at radius 3 is 1.57 bits per heavy atom. The predicted molar refractivity (Wildman–Crippen MR) is 256 cm³/mol. The molecule has 0 aliphatic heterocycles. The molecule has 300 valence electrons. The molecule has 10 aromatic rings. The zero-order valence-corrected chi connectivity index (χ0v) is 36.7. The van der Waals surface area contributed by atoms with Gasteiger partial charge in [-0.2, -0.15) is 0 Å². The van der Waals surface area contributed by atoms with Crippen molar-refractivity contribution in [3.05, 3.63) is 208 Å². The average Bonchev–Trinajstić information content (AvgIpc) is 3.22. The Labute approximate surface area is 355 Å². The Morgan fingerprint density at radius 1 is 0.317 bits per heavy atom. The third kappa shape index (κ3) is 11.4. The summed E-state index contributed by atoms with van der Waals surface area (Å²) in [5.41, 5.74) is 17.7. The van der Waals surface area contributed by atoms with E-state index in [-0.39, 0.29) is 0 Å². The highest BCUT2D eigenvalue weighted by atomic mass is 14.7. The van der Waals surface area contributed by atoms with Crippen LogP contribution in [-0.2, 0) is 0 Å². The lowest BCUT2D eigenvalue weighted by Crippen LogP contribution is -1.85. The van der Waals surface area contributed by atoms with Crippen molar-refractivity contribution in [1.82, 2.24) is 24.9 Å². The molecule has 0 aliphatic carbocycles. The molecule has 0 radical (unpaired) electrons. The zero-order chi connectivity index (χ0) is 42.8. The van der Waals surface area contributed by atoms with Crippen molar-refractivity contribution in [2.24, 2.45) is 0 Å². The Balaban J connectivity index is 0.000000126. The molecule has 0 saturated carbocycles. The standard InChI is InChI=1S/5C11H11N/c1-8-3-5-10-6-4-9(2)12-11(10)7-8;1-8-3-4-10-5-9(2)7-12-11(10)6-8;1-8-3-4-10-9(2)5-6-12-11(10)7-8;1-8-6-10-5-3-4-9(2)11(10)12-7-8;1-8-4-3-5-10-7-6-9(2)12-11(8)10/h5*3-7H,1-2H3. The second kappa shape index (κ2) is 19.7. The molecule has 0 fully saturated rings. The van der Waals surface area contributed by atoms with Gasteiger partial charge in [0.15, 0.2) is 0 Å². The van der Waals surface area contributed by atoms with Gasteiger partial charge < -0.3 is 0 Å². The number of fused-ring (bicyclic) bond motifs is 5. The second-order valence-electron chi connectivity index (χ2n) is 15.8. The van der Waals surface area contributed by atoms with Crippen LogP contribution in [0.4, 0.5) is 0 Å². The first-order valence-electron chi connectivity index (χ1n) is 20.5. The highest BCUT2D eigenvalue weighted by Crippen LogP contribution is 2.19. The summed E-state index contributed by atoms with van der Waals surface area (Å²) in [7, 11) is 0. The molecule has 0 atom stereocenters. The molecule has 5 nitrogen and oxygen atoms in total. The normalized spacial score (nSPS) is 10.5. The third-order valence-corrected chi connectivity index (χ3v) is 10.2. The lowest BCUT2D eigenvalue weighted by Gasteiger charge is -2.00. The molecule has 0 N–H and O–H groups in total. The van der Waals surface area contributed by atoms with E-state index < -0.39 is 0 Å². The number of rotatable bonds is 0. The third-order valence-electron chi connectivity index (χ3n) is 10.2. The monoisotopic (exact) mass is 785 g/mol. The number of hydrogen-bond donors (Lipinski definition) is 0. The number of pyridine rings is 5. The summed E-state index contributed by atoms with van der Waals surface area (Å²) < 4.78 is 0. The van der Waals surface area contributed by atoms with Crippen molar-refractivity contribution in [1.29, 1.82) is 0 Å². The van der Waals surface area contributed by atoms with Gasteiger partial charge in [-0.05, 0) is 162 Å². The van der Waals surface area contributed by atoms with Crippen LogP contribution in [0.2, 0.25) is 0 Å². The van der Waals surface area contributed by atoms with Crippen LogP contribution < -0.4 is 0 Å². The van der Waals surface area contributed by atoms with E-state index >= 15 is 0 Å². The number of aromatic nitrogens is 5. The number of hydrogen-bond acceptors (Lipinski definition) is 5. The van der Waals surface area contributed by atoms with Crippen LogP contribution in [0.3, 0.4) is 0 Å². The van der Waals surface area contributed by atoms with Gasteiger partial charge in [0, 0.05) is 56.9 Å². The van der Waals surface area contributed by atoms with E-state index in [0.29, 0.717) is 0 Å². The number of para-hydroxylation sites is 2. The van der Waals surface area contributed by atoms with Crippen LogP contribution in [0.25, 0.3) is 54.5 Å². The van der Waals surface area contributed by atoms with Gasteiger partial charge in [0.25, 0.3) is 0 Å². The van der Waals surface area contributed by atoms with E-state index in [4.69, 9.17) is 0 Å². The fraction of sp³-hybridized carbons (Fsp3) is 0.182. The fourth-order valence-electron chi connectivity index (χ4n) is 6.89. The zero-order valence-electron chi connectivity index (χ0n) is 36.7. The van der Waals surface area contributed by atoms with E-state index in [2.05, 4.69) is 196 Å². The van der Waals surface area contributed by atoms with Crippen molar-refractivity contribution in [2.45, 2.75) is 69.2 Å². The summed E-state index contributed by atoms with van der Waals surface area (Å²) in [5, 5.41) is 6.14. The number of benzene rings is 5. The number of aryl methyl sites for hydroxylation is 10. The lowest BCUT2D eigenvalue weighted by atomic mass is 10.1. The molecule has 5 heteroatoms. The molecule has 5 heterocycles. The minimum absolute atomic E-state index is 1.08. The summed E-state index contributed by atoms with van der Waals surface area (Å²) in [6.45, 7) is 20.7. The topological polar surface area (TPSA) is 64.5 Å². The lowest BCUT2D eigenvalue weighted by molar-refractivity contribution is 1.24.